The first kappa shape index (κ1) is 16.0. The molecular formula is C24H25NO. The summed E-state index contributed by atoms with van der Waals surface area (Å²) in [5, 5.41) is 3.70. The van der Waals surface area contributed by atoms with Gasteiger partial charge in [-0.3, -0.25) is 4.79 Å². The summed E-state index contributed by atoms with van der Waals surface area (Å²) < 4.78 is 0. The molecule has 0 aromatic heterocycles. The highest BCUT2D eigenvalue weighted by atomic mass is 16.1. The number of rotatable bonds is 7. The van der Waals surface area contributed by atoms with E-state index in [1.807, 2.05) is 12.1 Å². The molecule has 2 fully saturated rings. The fraction of sp³-hybridized carbons (Fsp3) is 0.375. The van der Waals surface area contributed by atoms with Crippen LogP contribution in [-0.4, -0.2) is 18.4 Å². The van der Waals surface area contributed by atoms with E-state index in [1.165, 1.54) is 42.5 Å². The van der Waals surface area contributed by atoms with Crippen molar-refractivity contribution in [3.05, 3.63) is 76.4 Å². The fourth-order valence-corrected chi connectivity index (χ4v) is 4.02. The first-order valence-electron chi connectivity index (χ1n) is 9.91. The lowest BCUT2D eigenvalue weighted by atomic mass is 9.98. The Balaban J connectivity index is 1.19. The van der Waals surface area contributed by atoms with E-state index in [9.17, 15) is 4.79 Å². The summed E-state index contributed by atoms with van der Waals surface area (Å²) in [4.78, 5) is 12.6. The van der Waals surface area contributed by atoms with Crippen molar-refractivity contribution < 1.29 is 4.79 Å². The van der Waals surface area contributed by atoms with E-state index in [4.69, 9.17) is 0 Å². The van der Waals surface area contributed by atoms with Gasteiger partial charge in [-0.05, 0) is 66.5 Å². The summed E-state index contributed by atoms with van der Waals surface area (Å²) >= 11 is 0. The molecule has 1 N–H and O–H groups in total. The predicted octanol–water partition coefficient (Wildman–Crippen LogP) is 4.54. The minimum atomic E-state index is 0.205. The topological polar surface area (TPSA) is 29.1 Å². The average molecular weight is 343 g/mol. The Kier molecular flexibility index (Phi) is 4.01. The Morgan fingerprint density at radius 1 is 1.08 bits per heavy atom. The lowest BCUT2D eigenvalue weighted by Gasteiger charge is -2.06. The normalized spacial score (nSPS) is 23.1. The van der Waals surface area contributed by atoms with Gasteiger partial charge in [0.25, 0.3) is 0 Å². The number of Topliss-reactive ketones (excluding diaryl/α,β-unsaturated/α-hetero) is 1. The zero-order chi connectivity index (χ0) is 17.5. The smallest absolute Gasteiger partial charge is 0.167 e. The highest BCUT2D eigenvalue weighted by Crippen LogP contribution is 2.41. The largest absolute Gasteiger partial charge is 0.313 e. The molecule has 2 nitrogen and oxygen atoms in total. The molecule has 0 radical (unpaired) electrons. The van der Waals surface area contributed by atoms with Gasteiger partial charge in [-0.2, -0.15) is 0 Å². The third-order valence-corrected chi connectivity index (χ3v) is 6.03. The fourth-order valence-electron chi connectivity index (χ4n) is 4.02. The van der Waals surface area contributed by atoms with E-state index < -0.39 is 0 Å². The predicted molar refractivity (Wildman–Crippen MR) is 106 cm³/mol. The molecule has 0 amide bonds. The van der Waals surface area contributed by atoms with Crippen LogP contribution in [0.2, 0.25) is 0 Å². The van der Waals surface area contributed by atoms with Crippen molar-refractivity contribution in [3.8, 4) is 0 Å². The Morgan fingerprint density at radius 2 is 1.92 bits per heavy atom. The maximum absolute atomic E-state index is 12.6. The van der Waals surface area contributed by atoms with E-state index in [0.717, 1.165) is 23.5 Å². The summed E-state index contributed by atoms with van der Waals surface area (Å²) in [6.45, 7) is 1.20. The molecule has 2 saturated carbocycles. The summed E-state index contributed by atoms with van der Waals surface area (Å²) in [7, 11) is 0. The quantitative estimate of drug-likeness (QED) is 0.748. The van der Waals surface area contributed by atoms with Crippen molar-refractivity contribution in [2.24, 2.45) is 5.92 Å². The summed E-state index contributed by atoms with van der Waals surface area (Å²) in [5.74, 6) is 1.82. The van der Waals surface area contributed by atoms with Crippen molar-refractivity contribution in [1.82, 2.24) is 5.32 Å². The molecule has 26 heavy (non-hydrogen) atoms. The van der Waals surface area contributed by atoms with Gasteiger partial charge in [0.2, 0.25) is 0 Å². The zero-order valence-electron chi connectivity index (χ0n) is 15.1. The lowest BCUT2D eigenvalue weighted by Crippen LogP contribution is -2.20. The Bertz CT molecular complexity index is 860. The van der Waals surface area contributed by atoms with E-state index in [-0.39, 0.29) is 5.78 Å². The highest BCUT2D eigenvalue weighted by molar-refractivity contribution is 5.98. The van der Waals surface area contributed by atoms with Crippen LogP contribution in [0.4, 0.5) is 0 Å². The molecular weight excluding hydrogens is 318 g/mol. The van der Waals surface area contributed by atoms with Gasteiger partial charge >= 0.3 is 0 Å². The van der Waals surface area contributed by atoms with Gasteiger partial charge in [-0.25, -0.2) is 0 Å². The van der Waals surface area contributed by atoms with Crippen LogP contribution in [0.5, 0.6) is 0 Å². The highest BCUT2D eigenvalue weighted by Gasteiger charge is 2.38. The van der Waals surface area contributed by atoms with Gasteiger partial charge in [0.15, 0.2) is 5.78 Å². The number of benzene rings is 2. The van der Waals surface area contributed by atoms with E-state index in [1.54, 1.807) is 0 Å². The maximum Gasteiger partial charge on any atom is 0.167 e. The van der Waals surface area contributed by atoms with Crippen LogP contribution in [0.3, 0.4) is 0 Å². The van der Waals surface area contributed by atoms with Crippen LogP contribution in [0.25, 0.3) is 6.08 Å². The Morgan fingerprint density at radius 3 is 2.73 bits per heavy atom. The number of ketones is 1. The monoisotopic (exact) mass is 343 g/mol. The van der Waals surface area contributed by atoms with E-state index in [0.29, 0.717) is 18.4 Å². The van der Waals surface area contributed by atoms with Gasteiger partial charge in [-0.1, -0.05) is 48.6 Å². The second-order valence-corrected chi connectivity index (χ2v) is 8.16. The second kappa shape index (κ2) is 6.51. The molecule has 0 saturated heterocycles. The molecule has 3 aliphatic carbocycles. The molecule has 5 rings (SSSR count). The number of nitrogens with one attached hydrogen (secondary N) is 1. The molecule has 0 spiro atoms. The number of carbonyl (C=O) groups excluding carboxylic acids is 1. The van der Waals surface area contributed by atoms with Crippen LogP contribution < -0.4 is 5.32 Å². The van der Waals surface area contributed by atoms with Crippen LogP contribution >= 0.6 is 0 Å². The minimum absolute atomic E-state index is 0.205. The zero-order valence-corrected chi connectivity index (χ0v) is 15.1. The summed E-state index contributed by atoms with van der Waals surface area (Å²) in [5.41, 5.74) is 5.87. The number of fused-ring (bicyclic) bond motifs is 1. The van der Waals surface area contributed by atoms with Crippen LogP contribution in [0.15, 0.2) is 48.5 Å². The molecule has 0 aliphatic heterocycles. The van der Waals surface area contributed by atoms with Gasteiger partial charge in [0, 0.05) is 23.9 Å². The molecule has 2 aromatic rings. The van der Waals surface area contributed by atoms with Gasteiger partial charge in [0.1, 0.15) is 0 Å². The average Bonchev–Trinajstić information content (AvgIpc) is 3.57. The van der Waals surface area contributed by atoms with Crippen molar-refractivity contribution >= 4 is 11.9 Å². The SMILES string of the molecule is O=C(Cc1ccc(C2CC2NCC2CC2)cc1)c1ccc2c(c1)C=CC2. The van der Waals surface area contributed by atoms with Crippen molar-refractivity contribution in [2.75, 3.05) is 6.54 Å². The van der Waals surface area contributed by atoms with Crippen molar-refractivity contribution in [2.45, 2.75) is 44.1 Å². The number of hydrogen-bond donors (Lipinski definition) is 1. The molecule has 2 heteroatoms. The van der Waals surface area contributed by atoms with E-state index >= 15 is 0 Å². The molecule has 2 atom stereocenters. The molecule has 3 aliphatic rings. The third-order valence-electron chi connectivity index (χ3n) is 6.03. The van der Waals surface area contributed by atoms with E-state index in [2.05, 4.69) is 47.8 Å². The number of allylic oxidation sites excluding steroid dienone is 1. The first-order chi connectivity index (χ1) is 12.8. The Labute approximate surface area is 155 Å². The third kappa shape index (κ3) is 3.39. The first-order valence-corrected chi connectivity index (χ1v) is 9.91. The molecule has 132 valence electrons. The number of hydrogen-bond acceptors (Lipinski definition) is 2. The second-order valence-electron chi connectivity index (χ2n) is 8.16. The molecule has 2 unspecified atom stereocenters. The minimum Gasteiger partial charge on any atom is -0.313 e. The van der Waals surface area contributed by atoms with Crippen LogP contribution in [0.1, 0.15) is 57.8 Å². The maximum atomic E-state index is 12.6. The van der Waals surface area contributed by atoms with Crippen molar-refractivity contribution in [1.29, 1.82) is 0 Å². The lowest BCUT2D eigenvalue weighted by molar-refractivity contribution is 0.0993. The van der Waals surface area contributed by atoms with Crippen molar-refractivity contribution in [3.63, 3.8) is 0 Å². The summed E-state index contributed by atoms with van der Waals surface area (Å²) in [6.07, 6.45) is 9.82. The van der Waals surface area contributed by atoms with Gasteiger partial charge < -0.3 is 5.32 Å². The Hall–Kier alpha value is -2.19. The number of carbonyl (C=O) groups is 1. The van der Waals surface area contributed by atoms with Crippen LogP contribution in [-0.2, 0) is 12.8 Å². The van der Waals surface area contributed by atoms with Gasteiger partial charge in [0.05, 0.1) is 0 Å². The molecule has 0 bridgehead atoms. The van der Waals surface area contributed by atoms with Crippen LogP contribution in [0, 0.1) is 5.92 Å². The molecule has 0 heterocycles. The van der Waals surface area contributed by atoms with Gasteiger partial charge in [-0.15, -0.1) is 0 Å². The molecule has 2 aromatic carbocycles. The standard InChI is InChI=1S/C24H25NO/c26-24(21-11-10-18-2-1-3-20(18)13-21)12-16-6-8-19(9-7-16)22-14-23(22)25-15-17-4-5-17/h1,3,6-11,13,17,22-23,25H,2,4-5,12,14-15H2. The summed E-state index contributed by atoms with van der Waals surface area (Å²) in [6, 6.07) is 15.5.